The van der Waals surface area contributed by atoms with Gasteiger partial charge in [-0.05, 0) is 19.3 Å². The van der Waals surface area contributed by atoms with E-state index in [-0.39, 0.29) is 0 Å². The Hall–Kier alpha value is -0.530. The molecule has 1 saturated heterocycles. The molecule has 220 valence electrons. The lowest BCUT2D eigenvalue weighted by atomic mass is 10.0. The first-order valence-electron chi connectivity index (χ1n) is 17.6. The van der Waals surface area contributed by atoms with E-state index < -0.39 is 0 Å². The lowest BCUT2D eigenvalue weighted by Gasteiger charge is -2.26. The van der Waals surface area contributed by atoms with Gasteiger partial charge < -0.3 is 4.90 Å². The predicted molar refractivity (Wildman–Crippen MR) is 165 cm³/mol. The van der Waals surface area contributed by atoms with Crippen LogP contribution in [0, 0.1) is 0 Å². The fourth-order valence-corrected chi connectivity index (χ4v) is 6.07. The average Bonchev–Trinajstić information content (AvgIpc) is 2.91. The number of unbranched alkanes of at least 4 members (excludes halogenated alkanes) is 27. The summed E-state index contributed by atoms with van der Waals surface area (Å²) in [5, 5.41) is 0. The van der Waals surface area contributed by atoms with Gasteiger partial charge in [-0.3, -0.25) is 4.79 Å². The Morgan fingerprint density at radius 3 is 1.03 bits per heavy atom. The minimum absolute atomic E-state index is 0.399. The number of hydrogen-bond acceptors (Lipinski definition) is 1. The van der Waals surface area contributed by atoms with Crippen LogP contribution in [0.25, 0.3) is 0 Å². The minimum atomic E-state index is 0.399. The van der Waals surface area contributed by atoms with Crippen molar-refractivity contribution in [2.24, 2.45) is 0 Å². The van der Waals surface area contributed by atoms with Crippen molar-refractivity contribution in [3.05, 3.63) is 0 Å². The fourth-order valence-electron chi connectivity index (χ4n) is 6.07. The van der Waals surface area contributed by atoms with E-state index in [0.717, 1.165) is 25.9 Å². The molecule has 2 heteroatoms. The molecule has 0 saturated carbocycles. The van der Waals surface area contributed by atoms with Crippen LogP contribution in [0.1, 0.15) is 206 Å². The van der Waals surface area contributed by atoms with Gasteiger partial charge in [0.1, 0.15) is 0 Å². The van der Waals surface area contributed by atoms with E-state index in [1.165, 1.54) is 186 Å². The summed E-state index contributed by atoms with van der Waals surface area (Å²) >= 11 is 0. The van der Waals surface area contributed by atoms with E-state index in [1.807, 2.05) is 0 Å². The van der Waals surface area contributed by atoms with Gasteiger partial charge in [0.25, 0.3) is 0 Å². The van der Waals surface area contributed by atoms with Gasteiger partial charge in [0.15, 0.2) is 0 Å². The number of nitrogens with zero attached hydrogens (tertiary/aromatic N) is 1. The summed E-state index contributed by atoms with van der Waals surface area (Å²) in [5.74, 6) is 0.399. The van der Waals surface area contributed by atoms with Crippen LogP contribution < -0.4 is 0 Å². The maximum atomic E-state index is 11.8. The highest BCUT2D eigenvalue weighted by Crippen LogP contribution is 2.17. The smallest absolute Gasteiger partial charge is 0.222 e. The van der Waals surface area contributed by atoms with E-state index in [0.29, 0.717) is 5.91 Å². The summed E-state index contributed by atoms with van der Waals surface area (Å²) in [6, 6.07) is 0. The minimum Gasteiger partial charge on any atom is -0.343 e. The molecule has 0 aromatic rings. The molecule has 1 amide bonds. The van der Waals surface area contributed by atoms with Crippen molar-refractivity contribution in [1.82, 2.24) is 4.90 Å². The van der Waals surface area contributed by atoms with Crippen LogP contribution in [-0.2, 0) is 4.79 Å². The zero-order chi connectivity index (χ0) is 26.5. The number of carbonyl (C=O) groups excluding carboxylic acids is 1. The zero-order valence-corrected chi connectivity index (χ0v) is 25.7. The first-order chi connectivity index (χ1) is 18.3. The van der Waals surface area contributed by atoms with Crippen LogP contribution in [0.5, 0.6) is 0 Å². The van der Waals surface area contributed by atoms with Gasteiger partial charge in [-0.1, -0.05) is 180 Å². The van der Waals surface area contributed by atoms with E-state index in [1.54, 1.807) is 0 Å². The number of amides is 1. The highest BCUT2D eigenvalue weighted by Gasteiger charge is 2.16. The summed E-state index contributed by atoms with van der Waals surface area (Å²) in [6.07, 6.45) is 43.5. The molecule has 0 aromatic carbocycles. The Balaban J connectivity index is 1.63. The van der Waals surface area contributed by atoms with Gasteiger partial charge in [0.2, 0.25) is 5.91 Å². The van der Waals surface area contributed by atoms with Gasteiger partial charge in [-0.25, -0.2) is 0 Å². The largest absolute Gasteiger partial charge is 0.343 e. The number of likely N-dealkylation sites (tertiary alicyclic amines) is 1. The van der Waals surface area contributed by atoms with E-state index in [2.05, 4.69) is 11.8 Å². The molecule has 37 heavy (non-hydrogen) atoms. The third-order valence-electron chi connectivity index (χ3n) is 8.70. The van der Waals surface area contributed by atoms with Crippen molar-refractivity contribution in [3.63, 3.8) is 0 Å². The zero-order valence-electron chi connectivity index (χ0n) is 25.7. The maximum Gasteiger partial charge on any atom is 0.222 e. The number of carbonyl (C=O) groups is 1. The van der Waals surface area contributed by atoms with Crippen molar-refractivity contribution >= 4 is 5.91 Å². The van der Waals surface area contributed by atoms with Crippen molar-refractivity contribution < 1.29 is 4.79 Å². The summed E-state index contributed by atoms with van der Waals surface area (Å²) in [7, 11) is 0. The lowest BCUT2D eigenvalue weighted by Crippen LogP contribution is -2.35. The van der Waals surface area contributed by atoms with E-state index >= 15 is 0 Å². The maximum absolute atomic E-state index is 11.8. The van der Waals surface area contributed by atoms with Crippen LogP contribution >= 0.6 is 0 Å². The van der Waals surface area contributed by atoms with Crippen LogP contribution in [0.2, 0.25) is 0 Å². The second kappa shape index (κ2) is 28.5. The Labute approximate surface area is 234 Å². The molecule has 0 aliphatic carbocycles. The molecule has 0 aromatic heterocycles. The average molecular weight is 520 g/mol. The molecule has 0 spiro atoms. The standard InChI is InChI=1S/C35H69NO/c1-2-3-4-5-6-7-8-9-10-11-12-13-14-15-16-17-18-19-20-21-22-23-24-25-26-27-28-30-33-36-34-31-29-32-35(36)37/h2-34H2,1H3. The first kappa shape index (κ1) is 34.5. The van der Waals surface area contributed by atoms with Crippen LogP contribution in [0.3, 0.4) is 0 Å². The predicted octanol–water partition coefficient (Wildman–Crippen LogP) is 11.9. The molecule has 0 N–H and O–H groups in total. The van der Waals surface area contributed by atoms with Gasteiger partial charge in [0, 0.05) is 19.5 Å². The van der Waals surface area contributed by atoms with E-state index in [9.17, 15) is 4.79 Å². The quantitative estimate of drug-likeness (QED) is 0.0899. The normalized spacial score (nSPS) is 14.1. The Morgan fingerprint density at radius 2 is 0.730 bits per heavy atom. The Bertz CT molecular complexity index is 462. The topological polar surface area (TPSA) is 20.3 Å². The molecule has 0 unspecified atom stereocenters. The van der Waals surface area contributed by atoms with Crippen molar-refractivity contribution in [1.29, 1.82) is 0 Å². The molecule has 2 nitrogen and oxygen atoms in total. The number of piperidine rings is 1. The molecule has 1 fully saturated rings. The lowest BCUT2D eigenvalue weighted by molar-refractivity contribution is -0.133. The van der Waals surface area contributed by atoms with E-state index in [4.69, 9.17) is 0 Å². The summed E-state index contributed by atoms with van der Waals surface area (Å²) in [5.41, 5.74) is 0. The van der Waals surface area contributed by atoms with Crippen LogP contribution in [-0.4, -0.2) is 23.9 Å². The van der Waals surface area contributed by atoms with Crippen LogP contribution in [0.15, 0.2) is 0 Å². The highest BCUT2D eigenvalue weighted by atomic mass is 16.2. The molecule has 1 aliphatic heterocycles. The molecule has 0 bridgehead atoms. The molecule has 0 atom stereocenters. The summed E-state index contributed by atoms with van der Waals surface area (Å²) in [6.45, 7) is 4.33. The molecule has 1 heterocycles. The second-order valence-corrected chi connectivity index (χ2v) is 12.4. The third-order valence-corrected chi connectivity index (χ3v) is 8.70. The molecular weight excluding hydrogens is 450 g/mol. The second-order valence-electron chi connectivity index (χ2n) is 12.4. The monoisotopic (exact) mass is 520 g/mol. The summed E-state index contributed by atoms with van der Waals surface area (Å²) < 4.78 is 0. The van der Waals surface area contributed by atoms with Gasteiger partial charge in [0.05, 0.1) is 0 Å². The van der Waals surface area contributed by atoms with Gasteiger partial charge >= 0.3 is 0 Å². The fraction of sp³-hybridized carbons (Fsp3) is 0.971. The Kier molecular flexibility index (Phi) is 26.6. The number of rotatable bonds is 29. The molecule has 0 radical (unpaired) electrons. The third kappa shape index (κ3) is 24.3. The summed E-state index contributed by atoms with van der Waals surface area (Å²) in [4.78, 5) is 13.9. The van der Waals surface area contributed by atoms with Crippen molar-refractivity contribution in [2.75, 3.05) is 13.1 Å². The van der Waals surface area contributed by atoms with Crippen LogP contribution in [0.4, 0.5) is 0 Å². The highest BCUT2D eigenvalue weighted by molar-refractivity contribution is 5.76. The van der Waals surface area contributed by atoms with Gasteiger partial charge in [-0.15, -0.1) is 0 Å². The van der Waals surface area contributed by atoms with Crippen molar-refractivity contribution in [2.45, 2.75) is 206 Å². The van der Waals surface area contributed by atoms with Crippen molar-refractivity contribution in [3.8, 4) is 0 Å². The number of hydrogen-bond donors (Lipinski definition) is 0. The SMILES string of the molecule is CCCCCCCCCCCCCCCCCCCCCCCCCCCCCCN1CCCCC1=O. The molecule has 1 rings (SSSR count). The first-order valence-corrected chi connectivity index (χ1v) is 17.6. The van der Waals surface area contributed by atoms with Gasteiger partial charge in [-0.2, -0.15) is 0 Å². The Morgan fingerprint density at radius 1 is 0.432 bits per heavy atom. The molecular formula is C35H69NO. The molecule has 1 aliphatic rings.